The van der Waals surface area contributed by atoms with E-state index in [4.69, 9.17) is 23.7 Å². The van der Waals surface area contributed by atoms with Gasteiger partial charge in [-0.1, -0.05) is 6.08 Å². The Labute approximate surface area is 149 Å². The summed E-state index contributed by atoms with van der Waals surface area (Å²) < 4.78 is 27.5. The molecule has 0 aliphatic carbocycles. The molecule has 0 spiro atoms. The highest BCUT2D eigenvalue weighted by molar-refractivity contribution is 5.33. The van der Waals surface area contributed by atoms with E-state index in [0.717, 1.165) is 29.3 Å². The predicted molar refractivity (Wildman–Crippen MR) is 96.5 cm³/mol. The number of hydrogen-bond acceptors (Lipinski definition) is 5. The lowest BCUT2D eigenvalue weighted by Gasteiger charge is -2.18. The van der Waals surface area contributed by atoms with Gasteiger partial charge in [-0.2, -0.15) is 0 Å². The summed E-state index contributed by atoms with van der Waals surface area (Å²) in [4.78, 5) is 0. The molecule has 0 saturated heterocycles. The van der Waals surface area contributed by atoms with Gasteiger partial charge in [0.15, 0.2) is 0 Å². The molecular formula is C20H26O5. The lowest BCUT2D eigenvalue weighted by Crippen LogP contribution is -2.18. The molecule has 2 atom stereocenters. The molecule has 2 aliphatic heterocycles. The third kappa shape index (κ3) is 5.57. The van der Waals surface area contributed by atoms with Crippen molar-refractivity contribution >= 4 is 0 Å². The summed E-state index contributed by atoms with van der Waals surface area (Å²) in [6.45, 7) is 0. The van der Waals surface area contributed by atoms with Crippen LogP contribution in [0.5, 0.6) is 0 Å². The van der Waals surface area contributed by atoms with Crippen LogP contribution in [0.1, 0.15) is 12.8 Å². The van der Waals surface area contributed by atoms with Crippen molar-refractivity contribution in [2.24, 2.45) is 0 Å². The van der Waals surface area contributed by atoms with Gasteiger partial charge < -0.3 is 23.7 Å². The van der Waals surface area contributed by atoms with E-state index in [1.54, 1.807) is 34.7 Å². The molecule has 136 valence electrons. The summed E-state index contributed by atoms with van der Waals surface area (Å²) in [6, 6.07) is 0. The maximum absolute atomic E-state index is 6.22. The lowest BCUT2D eigenvalue weighted by atomic mass is 10.0. The van der Waals surface area contributed by atoms with Crippen LogP contribution in [-0.4, -0.2) is 40.6 Å². The highest BCUT2D eigenvalue weighted by Crippen LogP contribution is 2.28. The molecular weight excluding hydrogens is 320 g/mol. The summed E-state index contributed by atoms with van der Waals surface area (Å²) in [5, 5.41) is 0. The molecule has 0 N–H and O–H groups in total. The van der Waals surface area contributed by atoms with Crippen molar-refractivity contribution in [3.8, 4) is 0 Å². The van der Waals surface area contributed by atoms with Crippen LogP contribution in [0.25, 0.3) is 0 Å². The van der Waals surface area contributed by atoms with Crippen LogP contribution < -0.4 is 0 Å². The zero-order valence-corrected chi connectivity index (χ0v) is 15.2. The van der Waals surface area contributed by atoms with Gasteiger partial charge in [0, 0.05) is 6.42 Å². The molecule has 25 heavy (non-hydrogen) atoms. The van der Waals surface area contributed by atoms with Crippen LogP contribution in [0.4, 0.5) is 0 Å². The van der Waals surface area contributed by atoms with Crippen LogP contribution in [0.3, 0.4) is 0 Å². The van der Waals surface area contributed by atoms with Crippen LogP contribution >= 0.6 is 0 Å². The van der Waals surface area contributed by atoms with Crippen molar-refractivity contribution in [3.05, 3.63) is 71.6 Å². The van der Waals surface area contributed by atoms with Crippen molar-refractivity contribution in [1.29, 1.82) is 0 Å². The van der Waals surface area contributed by atoms with Crippen LogP contribution in [0, 0.1) is 0 Å². The fourth-order valence-electron chi connectivity index (χ4n) is 2.72. The molecule has 0 aromatic rings. The zero-order valence-electron chi connectivity index (χ0n) is 15.2. The van der Waals surface area contributed by atoms with Gasteiger partial charge in [0.2, 0.25) is 0 Å². The third-order valence-corrected chi connectivity index (χ3v) is 3.95. The van der Waals surface area contributed by atoms with Gasteiger partial charge in [-0.15, -0.1) is 0 Å². The SMILES string of the molecule is CO/C=C/C=C(/OC)C1=CCC2/C=C(OC)/C=C\C(OC)=C\C(C1)O2. The Bertz CT molecular complexity index is 622. The maximum atomic E-state index is 6.22. The van der Waals surface area contributed by atoms with E-state index in [0.29, 0.717) is 6.42 Å². The van der Waals surface area contributed by atoms with Gasteiger partial charge in [-0.25, -0.2) is 0 Å². The molecule has 0 saturated carbocycles. The largest absolute Gasteiger partial charge is 0.504 e. The first-order valence-electron chi connectivity index (χ1n) is 8.18. The number of methoxy groups -OCH3 is 4. The normalized spacial score (nSPS) is 29.6. The number of hydrogen-bond donors (Lipinski definition) is 0. The van der Waals surface area contributed by atoms with Crippen molar-refractivity contribution in [1.82, 2.24) is 0 Å². The second-order valence-corrected chi connectivity index (χ2v) is 5.56. The summed E-state index contributed by atoms with van der Waals surface area (Å²) >= 11 is 0. The summed E-state index contributed by atoms with van der Waals surface area (Å²) in [6.07, 6.45) is 16.4. The van der Waals surface area contributed by atoms with Crippen molar-refractivity contribution in [2.75, 3.05) is 28.4 Å². The Morgan fingerprint density at radius 2 is 1.72 bits per heavy atom. The van der Waals surface area contributed by atoms with Gasteiger partial charge in [-0.05, 0) is 48.5 Å². The molecule has 2 aliphatic rings. The molecule has 0 amide bonds. The average Bonchev–Trinajstić information content (AvgIpc) is 2.77. The minimum atomic E-state index is -0.129. The van der Waals surface area contributed by atoms with Crippen molar-refractivity contribution in [3.63, 3.8) is 0 Å². The summed E-state index contributed by atoms with van der Waals surface area (Å²) in [5.41, 5.74) is 1.08. The minimum Gasteiger partial charge on any atom is -0.504 e. The van der Waals surface area contributed by atoms with Crippen LogP contribution in [0.15, 0.2) is 71.6 Å². The molecule has 5 heteroatoms. The molecule has 0 aromatic carbocycles. The molecule has 0 radical (unpaired) electrons. The van der Waals surface area contributed by atoms with Crippen LogP contribution in [0.2, 0.25) is 0 Å². The third-order valence-electron chi connectivity index (χ3n) is 3.95. The van der Waals surface area contributed by atoms with Crippen molar-refractivity contribution < 1.29 is 23.7 Å². The maximum Gasteiger partial charge on any atom is 0.121 e. The van der Waals surface area contributed by atoms with Gasteiger partial charge in [0.05, 0.1) is 46.9 Å². The Morgan fingerprint density at radius 3 is 2.32 bits per heavy atom. The molecule has 0 fully saturated rings. The summed E-state index contributed by atoms with van der Waals surface area (Å²) in [5.74, 6) is 2.27. The smallest absolute Gasteiger partial charge is 0.121 e. The van der Waals surface area contributed by atoms with Gasteiger partial charge in [0.1, 0.15) is 17.3 Å². The number of fused-ring (bicyclic) bond motifs is 2. The molecule has 2 heterocycles. The number of ether oxygens (including phenoxy) is 5. The van der Waals surface area contributed by atoms with Gasteiger partial charge in [0.25, 0.3) is 0 Å². The lowest BCUT2D eigenvalue weighted by molar-refractivity contribution is 0.0441. The van der Waals surface area contributed by atoms with Crippen LogP contribution in [-0.2, 0) is 23.7 Å². The monoisotopic (exact) mass is 346 g/mol. The van der Waals surface area contributed by atoms with Gasteiger partial charge >= 0.3 is 0 Å². The van der Waals surface area contributed by atoms with Gasteiger partial charge in [-0.3, -0.25) is 0 Å². The van der Waals surface area contributed by atoms with E-state index in [-0.39, 0.29) is 12.2 Å². The van der Waals surface area contributed by atoms with E-state index in [1.165, 1.54) is 0 Å². The Morgan fingerprint density at radius 1 is 1.04 bits per heavy atom. The highest BCUT2D eigenvalue weighted by Gasteiger charge is 2.23. The number of rotatable bonds is 6. The first-order chi connectivity index (χ1) is 12.2. The molecule has 5 nitrogen and oxygen atoms in total. The molecule has 0 aromatic heterocycles. The average molecular weight is 346 g/mol. The number of allylic oxidation sites excluding steroid dienone is 5. The fraction of sp³-hybridized carbons (Fsp3) is 0.400. The first kappa shape index (κ1) is 18.9. The van der Waals surface area contributed by atoms with E-state index in [9.17, 15) is 0 Å². The molecule has 2 rings (SSSR count). The summed E-state index contributed by atoms with van der Waals surface area (Å²) in [7, 11) is 6.56. The quantitative estimate of drug-likeness (QED) is 0.541. The van der Waals surface area contributed by atoms with Crippen molar-refractivity contribution in [2.45, 2.75) is 25.0 Å². The second kappa shape index (κ2) is 9.79. The Balaban J connectivity index is 2.34. The minimum absolute atomic E-state index is 0.0813. The Hall–Kier alpha value is -2.40. The fourth-order valence-corrected chi connectivity index (χ4v) is 2.72. The zero-order chi connectivity index (χ0) is 18.1. The van der Waals surface area contributed by atoms with E-state index in [1.807, 2.05) is 36.5 Å². The standard InChI is InChI=1S/C20H26O5/c1-21-11-5-6-20(24-4)15-7-8-18-13-16(22-2)9-10-17(23-3)14-19(12-15)25-18/h5-7,9-11,13-14,18-19H,8,12H2,1-4H3/b10-9-,11-5+,16-13-,17-14-,20-6+. The predicted octanol–water partition coefficient (Wildman–Crippen LogP) is 3.78. The Kier molecular flexibility index (Phi) is 7.41. The van der Waals surface area contributed by atoms with E-state index >= 15 is 0 Å². The molecule has 2 unspecified atom stereocenters. The van der Waals surface area contributed by atoms with E-state index in [2.05, 4.69) is 6.08 Å². The topological polar surface area (TPSA) is 46.2 Å². The molecule has 2 bridgehead atoms. The van der Waals surface area contributed by atoms with E-state index < -0.39 is 0 Å². The second-order valence-electron chi connectivity index (χ2n) is 5.56. The highest BCUT2D eigenvalue weighted by atomic mass is 16.5. The first-order valence-corrected chi connectivity index (χ1v) is 8.18.